The van der Waals surface area contributed by atoms with E-state index in [1.807, 2.05) is 12.1 Å². The van der Waals surface area contributed by atoms with Crippen molar-refractivity contribution in [2.75, 3.05) is 13.7 Å². The highest BCUT2D eigenvalue weighted by Crippen LogP contribution is 2.29. The van der Waals surface area contributed by atoms with Gasteiger partial charge in [0.05, 0.1) is 29.5 Å². The molecule has 0 fully saturated rings. The van der Waals surface area contributed by atoms with Crippen LogP contribution in [0.1, 0.15) is 30.6 Å². The van der Waals surface area contributed by atoms with Crippen molar-refractivity contribution < 1.29 is 4.74 Å². The van der Waals surface area contributed by atoms with Gasteiger partial charge in [-0.15, -0.1) is 0 Å². The maximum absolute atomic E-state index is 5.27. The number of nitrogens with zero attached hydrogens (tertiary/aromatic N) is 2. The number of ether oxygens (including phenoxy) is 1. The van der Waals surface area contributed by atoms with Crippen molar-refractivity contribution in [1.82, 2.24) is 15.3 Å². The molecule has 0 aliphatic heterocycles. The molecule has 106 valence electrons. The fraction of sp³-hybridized carbons (Fsp3) is 0.333. The van der Waals surface area contributed by atoms with E-state index in [0.717, 1.165) is 34.4 Å². The number of aromatic nitrogens is 2. The molecule has 1 unspecified atom stereocenters. The van der Waals surface area contributed by atoms with Crippen LogP contribution >= 0.6 is 15.9 Å². The van der Waals surface area contributed by atoms with Crippen molar-refractivity contribution in [1.29, 1.82) is 0 Å². The molecule has 4 nitrogen and oxygen atoms in total. The lowest BCUT2D eigenvalue weighted by Gasteiger charge is -2.19. The van der Waals surface area contributed by atoms with Gasteiger partial charge in [0, 0.05) is 12.4 Å². The second-order valence-electron chi connectivity index (χ2n) is 4.41. The number of benzene rings is 1. The van der Waals surface area contributed by atoms with Crippen LogP contribution in [-0.2, 0) is 0 Å². The first kappa shape index (κ1) is 14.9. The summed E-state index contributed by atoms with van der Waals surface area (Å²) in [5, 5.41) is 3.50. The topological polar surface area (TPSA) is 47.0 Å². The molecule has 0 saturated heterocycles. The molecule has 1 N–H and O–H groups in total. The Hall–Kier alpha value is -1.46. The summed E-state index contributed by atoms with van der Waals surface area (Å²) in [5.74, 6) is 0.821. The highest BCUT2D eigenvalue weighted by Gasteiger charge is 2.16. The van der Waals surface area contributed by atoms with Gasteiger partial charge in [0.2, 0.25) is 0 Å². The number of halogens is 1. The summed E-state index contributed by atoms with van der Waals surface area (Å²) in [6, 6.07) is 6.09. The van der Waals surface area contributed by atoms with Gasteiger partial charge in [0.15, 0.2) is 0 Å². The third-order valence-electron chi connectivity index (χ3n) is 2.99. The van der Waals surface area contributed by atoms with Crippen LogP contribution in [0.5, 0.6) is 5.75 Å². The standard InChI is InChI=1S/C15H18BrN3O/c1-3-6-19-15(13-10-17-7-8-18-13)11-4-5-14(20-2)12(16)9-11/h4-5,7-10,15,19H,3,6H2,1-2H3. The third kappa shape index (κ3) is 3.55. The van der Waals surface area contributed by atoms with Crippen molar-refractivity contribution in [2.45, 2.75) is 19.4 Å². The van der Waals surface area contributed by atoms with Crippen LogP contribution in [0.4, 0.5) is 0 Å². The zero-order valence-electron chi connectivity index (χ0n) is 11.6. The summed E-state index contributed by atoms with van der Waals surface area (Å²) in [5.41, 5.74) is 2.05. The maximum atomic E-state index is 5.27. The second kappa shape index (κ2) is 7.36. The SMILES string of the molecule is CCCNC(c1ccc(OC)c(Br)c1)c1cnccn1. The molecular weight excluding hydrogens is 318 g/mol. The fourth-order valence-corrected chi connectivity index (χ4v) is 2.56. The minimum absolute atomic E-state index is 0.0332. The number of methoxy groups -OCH3 is 1. The van der Waals surface area contributed by atoms with E-state index in [0.29, 0.717) is 0 Å². The molecular formula is C15H18BrN3O. The molecule has 20 heavy (non-hydrogen) atoms. The zero-order valence-corrected chi connectivity index (χ0v) is 13.2. The van der Waals surface area contributed by atoms with Gasteiger partial charge in [-0.05, 0) is 46.6 Å². The molecule has 2 aromatic rings. The predicted octanol–water partition coefficient (Wildman–Crippen LogP) is 3.34. The number of hydrogen-bond donors (Lipinski definition) is 1. The van der Waals surface area contributed by atoms with Crippen molar-refractivity contribution in [3.05, 3.63) is 52.5 Å². The molecule has 0 aliphatic rings. The molecule has 1 aromatic carbocycles. The minimum atomic E-state index is 0.0332. The normalized spacial score (nSPS) is 12.2. The van der Waals surface area contributed by atoms with Gasteiger partial charge in [-0.25, -0.2) is 0 Å². The lowest BCUT2D eigenvalue weighted by molar-refractivity contribution is 0.411. The van der Waals surface area contributed by atoms with Gasteiger partial charge in [0.1, 0.15) is 5.75 Å². The monoisotopic (exact) mass is 335 g/mol. The van der Waals surface area contributed by atoms with E-state index in [4.69, 9.17) is 4.74 Å². The molecule has 5 heteroatoms. The predicted molar refractivity (Wildman–Crippen MR) is 82.9 cm³/mol. The first-order chi connectivity index (χ1) is 9.76. The van der Waals surface area contributed by atoms with Crippen LogP contribution in [0.15, 0.2) is 41.3 Å². The highest BCUT2D eigenvalue weighted by atomic mass is 79.9. The van der Waals surface area contributed by atoms with Crippen LogP contribution in [-0.4, -0.2) is 23.6 Å². The van der Waals surface area contributed by atoms with Gasteiger partial charge >= 0.3 is 0 Å². The van der Waals surface area contributed by atoms with Crippen LogP contribution in [0.25, 0.3) is 0 Å². The summed E-state index contributed by atoms with van der Waals surface area (Å²) in [4.78, 5) is 8.57. The van der Waals surface area contributed by atoms with Gasteiger partial charge in [-0.3, -0.25) is 9.97 Å². The van der Waals surface area contributed by atoms with E-state index in [-0.39, 0.29) is 6.04 Å². The van der Waals surface area contributed by atoms with Crippen LogP contribution in [0.3, 0.4) is 0 Å². The Morgan fingerprint density at radius 3 is 2.80 bits per heavy atom. The Morgan fingerprint density at radius 2 is 2.20 bits per heavy atom. The highest BCUT2D eigenvalue weighted by molar-refractivity contribution is 9.10. The molecule has 0 amide bonds. The van der Waals surface area contributed by atoms with Gasteiger partial charge in [-0.1, -0.05) is 13.0 Å². The van der Waals surface area contributed by atoms with Crippen LogP contribution < -0.4 is 10.1 Å². The summed E-state index contributed by atoms with van der Waals surface area (Å²) in [7, 11) is 1.66. The first-order valence-corrected chi connectivity index (χ1v) is 7.38. The molecule has 0 aliphatic carbocycles. The Labute approximate surface area is 127 Å². The van der Waals surface area contributed by atoms with Crippen molar-refractivity contribution in [3.63, 3.8) is 0 Å². The lowest BCUT2D eigenvalue weighted by Crippen LogP contribution is -2.24. The van der Waals surface area contributed by atoms with E-state index in [9.17, 15) is 0 Å². The maximum Gasteiger partial charge on any atom is 0.133 e. The minimum Gasteiger partial charge on any atom is -0.496 e. The van der Waals surface area contributed by atoms with E-state index in [1.54, 1.807) is 25.7 Å². The van der Waals surface area contributed by atoms with E-state index in [1.165, 1.54) is 0 Å². The van der Waals surface area contributed by atoms with Crippen molar-refractivity contribution in [3.8, 4) is 5.75 Å². The van der Waals surface area contributed by atoms with Gasteiger partial charge < -0.3 is 10.1 Å². The Balaban J connectivity index is 2.33. The lowest BCUT2D eigenvalue weighted by atomic mass is 10.0. The average molecular weight is 336 g/mol. The first-order valence-electron chi connectivity index (χ1n) is 6.59. The quantitative estimate of drug-likeness (QED) is 0.879. The number of nitrogens with one attached hydrogen (secondary N) is 1. The Bertz CT molecular complexity index is 548. The molecule has 0 radical (unpaired) electrons. The van der Waals surface area contributed by atoms with Gasteiger partial charge in [0.25, 0.3) is 0 Å². The smallest absolute Gasteiger partial charge is 0.133 e. The Morgan fingerprint density at radius 1 is 1.35 bits per heavy atom. The summed E-state index contributed by atoms with van der Waals surface area (Å²) < 4.78 is 6.21. The van der Waals surface area contributed by atoms with E-state index < -0.39 is 0 Å². The van der Waals surface area contributed by atoms with Crippen molar-refractivity contribution in [2.24, 2.45) is 0 Å². The largest absolute Gasteiger partial charge is 0.496 e. The molecule has 0 spiro atoms. The average Bonchev–Trinajstić information content (AvgIpc) is 2.49. The second-order valence-corrected chi connectivity index (χ2v) is 5.27. The summed E-state index contributed by atoms with van der Waals surface area (Å²) in [6.45, 7) is 3.07. The summed E-state index contributed by atoms with van der Waals surface area (Å²) >= 11 is 3.53. The molecule has 1 aromatic heterocycles. The van der Waals surface area contributed by atoms with Crippen molar-refractivity contribution >= 4 is 15.9 Å². The molecule has 2 rings (SSSR count). The zero-order chi connectivity index (χ0) is 14.4. The third-order valence-corrected chi connectivity index (χ3v) is 3.61. The van der Waals surface area contributed by atoms with Crippen LogP contribution in [0, 0.1) is 0 Å². The summed E-state index contributed by atoms with van der Waals surface area (Å²) in [6.07, 6.45) is 6.26. The molecule has 0 bridgehead atoms. The fourth-order valence-electron chi connectivity index (χ4n) is 2.00. The molecule has 1 atom stereocenters. The van der Waals surface area contributed by atoms with E-state index in [2.05, 4.69) is 44.2 Å². The number of hydrogen-bond acceptors (Lipinski definition) is 4. The molecule has 1 heterocycles. The Kier molecular flexibility index (Phi) is 5.49. The number of rotatable bonds is 6. The molecule has 0 saturated carbocycles. The van der Waals surface area contributed by atoms with Gasteiger partial charge in [-0.2, -0.15) is 0 Å². The van der Waals surface area contributed by atoms with E-state index >= 15 is 0 Å². The van der Waals surface area contributed by atoms with Crippen LogP contribution in [0.2, 0.25) is 0 Å².